The van der Waals surface area contributed by atoms with E-state index in [9.17, 15) is 9.59 Å². The second-order valence-corrected chi connectivity index (χ2v) is 9.44. The predicted molar refractivity (Wildman–Crippen MR) is 125 cm³/mol. The molecule has 3 amide bonds. The summed E-state index contributed by atoms with van der Waals surface area (Å²) in [6.07, 6.45) is 2.87. The topological polar surface area (TPSA) is 56.3 Å². The van der Waals surface area contributed by atoms with Gasteiger partial charge in [-0.05, 0) is 56.8 Å². The fourth-order valence-corrected chi connectivity index (χ4v) is 5.41. The van der Waals surface area contributed by atoms with Gasteiger partial charge in [0.05, 0.1) is 0 Å². The van der Waals surface area contributed by atoms with Gasteiger partial charge in [0, 0.05) is 51.4 Å². The molecule has 1 atom stereocenters. The van der Waals surface area contributed by atoms with E-state index in [0.29, 0.717) is 5.92 Å². The molecule has 3 heterocycles. The van der Waals surface area contributed by atoms with Crippen LogP contribution >= 0.6 is 0 Å². The van der Waals surface area contributed by atoms with Crippen molar-refractivity contribution in [3.63, 3.8) is 0 Å². The van der Waals surface area contributed by atoms with Gasteiger partial charge in [-0.15, -0.1) is 5.92 Å². The molecule has 0 unspecified atom stereocenters. The van der Waals surface area contributed by atoms with Crippen LogP contribution in [0.25, 0.3) is 0 Å². The molecule has 3 aliphatic rings. The highest BCUT2D eigenvalue weighted by Crippen LogP contribution is 2.47. The minimum absolute atomic E-state index is 0.0462. The summed E-state index contributed by atoms with van der Waals surface area (Å²) in [5.41, 5.74) is 2.43. The number of benzene rings is 1. The summed E-state index contributed by atoms with van der Waals surface area (Å²) < 4.78 is 5.21. The van der Waals surface area contributed by atoms with Crippen LogP contribution in [0.5, 0.6) is 0 Å². The lowest BCUT2D eigenvalue weighted by Gasteiger charge is -2.40. The zero-order valence-electron chi connectivity index (χ0n) is 19.5. The van der Waals surface area contributed by atoms with Crippen molar-refractivity contribution in [2.24, 2.45) is 5.92 Å². The molecule has 32 heavy (non-hydrogen) atoms. The highest BCUT2D eigenvalue weighted by molar-refractivity contribution is 5.95. The molecule has 0 bridgehead atoms. The van der Waals surface area contributed by atoms with Gasteiger partial charge in [0.15, 0.2) is 6.61 Å². The first-order chi connectivity index (χ1) is 15.4. The van der Waals surface area contributed by atoms with Crippen molar-refractivity contribution in [3.8, 4) is 11.8 Å². The predicted octanol–water partition coefficient (Wildman–Crippen LogP) is 3.00. The quantitative estimate of drug-likeness (QED) is 0.681. The Balaban J connectivity index is 1.33. The number of amides is 3. The summed E-state index contributed by atoms with van der Waals surface area (Å²) in [7, 11) is 3.63. The highest BCUT2D eigenvalue weighted by atomic mass is 16.6. The Kier molecular flexibility index (Phi) is 6.61. The van der Waals surface area contributed by atoms with Gasteiger partial charge in [0.25, 0.3) is 0 Å². The van der Waals surface area contributed by atoms with Crippen molar-refractivity contribution in [2.45, 2.75) is 31.6 Å². The first kappa shape index (κ1) is 22.5. The van der Waals surface area contributed by atoms with Gasteiger partial charge in [0.1, 0.15) is 0 Å². The van der Waals surface area contributed by atoms with Gasteiger partial charge in [0.2, 0.25) is 0 Å². The van der Waals surface area contributed by atoms with E-state index >= 15 is 0 Å². The number of urea groups is 1. The average Bonchev–Trinajstić information content (AvgIpc) is 3.39. The maximum Gasteiger partial charge on any atom is 0.410 e. The summed E-state index contributed by atoms with van der Waals surface area (Å²) in [5.74, 6) is 6.00. The van der Waals surface area contributed by atoms with Crippen LogP contribution in [0.2, 0.25) is 0 Å². The molecule has 0 aliphatic carbocycles. The van der Waals surface area contributed by atoms with E-state index in [2.05, 4.69) is 34.9 Å². The van der Waals surface area contributed by atoms with E-state index in [-0.39, 0.29) is 24.1 Å². The number of piperidine rings is 1. The van der Waals surface area contributed by atoms with Crippen molar-refractivity contribution < 1.29 is 14.3 Å². The van der Waals surface area contributed by atoms with Gasteiger partial charge < -0.3 is 19.4 Å². The molecule has 1 aromatic rings. The molecule has 172 valence electrons. The second-order valence-electron chi connectivity index (χ2n) is 9.44. The zero-order valence-corrected chi connectivity index (χ0v) is 19.5. The van der Waals surface area contributed by atoms with E-state index in [1.165, 1.54) is 5.56 Å². The number of carbonyl (C=O) groups excluding carboxylic acids is 2. The Morgan fingerprint density at radius 3 is 2.66 bits per heavy atom. The number of hydrogen-bond acceptors (Lipinski definition) is 4. The Morgan fingerprint density at radius 2 is 1.94 bits per heavy atom. The van der Waals surface area contributed by atoms with E-state index in [0.717, 1.165) is 64.2 Å². The third-order valence-electron chi connectivity index (χ3n) is 7.16. The number of nitrogens with zero attached hydrogens (tertiary/aromatic N) is 4. The molecule has 0 aromatic heterocycles. The molecule has 3 aliphatic heterocycles. The van der Waals surface area contributed by atoms with Gasteiger partial charge >= 0.3 is 12.1 Å². The van der Waals surface area contributed by atoms with Gasteiger partial charge in [-0.2, -0.15) is 0 Å². The third-order valence-corrected chi connectivity index (χ3v) is 7.16. The van der Waals surface area contributed by atoms with E-state index < -0.39 is 0 Å². The van der Waals surface area contributed by atoms with Crippen molar-refractivity contribution >= 4 is 17.8 Å². The number of likely N-dealkylation sites (tertiary alicyclic amines) is 2. The molecule has 0 radical (unpaired) electrons. The van der Waals surface area contributed by atoms with Crippen LogP contribution < -0.4 is 4.90 Å². The molecule has 0 saturated carbocycles. The van der Waals surface area contributed by atoms with Crippen LogP contribution in [0.1, 0.15) is 31.7 Å². The molecule has 1 spiro atoms. The summed E-state index contributed by atoms with van der Waals surface area (Å²) >= 11 is 0. The van der Waals surface area contributed by atoms with E-state index in [4.69, 9.17) is 4.74 Å². The largest absolute Gasteiger partial charge is 0.436 e. The number of para-hydroxylation sites is 1. The van der Waals surface area contributed by atoms with Crippen LogP contribution in [0.15, 0.2) is 24.3 Å². The number of fused-ring (bicyclic) bond motifs is 2. The molecule has 7 nitrogen and oxygen atoms in total. The molecule has 2 fully saturated rings. The van der Waals surface area contributed by atoms with Crippen LogP contribution in [0, 0.1) is 17.8 Å². The minimum atomic E-state index is -0.249. The van der Waals surface area contributed by atoms with Crippen molar-refractivity contribution in [1.82, 2.24) is 14.7 Å². The maximum absolute atomic E-state index is 12.8. The van der Waals surface area contributed by atoms with E-state index in [1.54, 1.807) is 11.8 Å². The van der Waals surface area contributed by atoms with Crippen LogP contribution in [-0.2, 0) is 10.2 Å². The Bertz CT molecular complexity index is 911. The van der Waals surface area contributed by atoms with Crippen LogP contribution in [-0.4, -0.2) is 86.8 Å². The summed E-state index contributed by atoms with van der Waals surface area (Å²) in [6, 6.07) is 8.45. The van der Waals surface area contributed by atoms with Gasteiger partial charge in [-0.25, -0.2) is 9.59 Å². The number of carbonyl (C=O) groups is 2. The number of rotatable bonds is 3. The summed E-state index contributed by atoms with van der Waals surface area (Å²) in [5, 5.41) is 0. The number of hydrogen-bond donors (Lipinski definition) is 0. The Labute approximate surface area is 191 Å². The maximum atomic E-state index is 12.8. The zero-order chi connectivity index (χ0) is 22.7. The fourth-order valence-electron chi connectivity index (χ4n) is 5.41. The molecule has 1 aromatic carbocycles. The summed E-state index contributed by atoms with van der Waals surface area (Å²) in [4.78, 5) is 32.9. The van der Waals surface area contributed by atoms with Crippen LogP contribution in [0.4, 0.5) is 15.3 Å². The minimum Gasteiger partial charge on any atom is -0.436 e. The van der Waals surface area contributed by atoms with Gasteiger partial charge in [-0.3, -0.25) is 4.90 Å². The molecular weight excluding hydrogens is 404 g/mol. The molecule has 0 N–H and O–H groups in total. The third kappa shape index (κ3) is 4.42. The lowest BCUT2D eigenvalue weighted by molar-refractivity contribution is 0.117. The van der Waals surface area contributed by atoms with Crippen LogP contribution in [0.3, 0.4) is 0 Å². The van der Waals surface area contributed by atoms with Gasteiger partial charge in [-0.1, -0.05) is 24.1 Å². The smallest absolute Gasteiger partial charge is 0.410 e. The number of anilines is 1. The fraction of sp³-hybridized carbons (Fsp3) is 0.600. The van der Waals surface area contributed by atoms with Crippen molar-refractivity contribution in [1.29, 1.82) is 0 Å². The standard InChI is InChI=1S/C25H34N4O3/c1-4-5-16-32-24(31)28-13-10-20(18-28)17-27-14-11-25(12-15-27)19-29(23(30)26(2)3)22-9-7-6-8-21(22)25/h6-9,20H,10-19H2,1-3H3/t20-/m0/s1. The lowest BCUT2D eigenvalue weighted by Crippen LogP contribution is -2.48. The van der Waals surface area contributed by atoms with Crippen molar-refractivity contribution in [3.05, 3.63) is 29.8 Å². The van der Waals surface area contributed by atoms with Crippen molar-refractivity contribution in [2.75, 3.05) is 64.9 Å². The first-order valence-corrected chi connectivity index (χ1v) is 11.6. The normalized spacial score (nSPS) is 21.8. The second kappa shape index (κ2) is 9.41. The monoisotopic (exact) mass is 438 g/mol. The summed E-state index contributed by atoms with van der Waals surface area (Å²) in [6.45, 7) is 7.24. The van der Waals surface area contributed by atoms with E-state index in [1.807, 2.05) is 30.0 Å². The highest BCUT2D eigenvalue weighted by Gasteiger charge is 2.46. The molecule has 2 saturated heterocycles. The SMILES string of the molecule is CC#CCOC(=O)N1CC[C@@H](CN2CCC3(CC2)CN(C(=O)N(C)C)c2ccccc23)C1. The molecular formula is C25H34N4O3. The Hall–Kier alpha value is -2.72. The Morgan fingerprint density at radius 1 is 1.19 bits per heavy atom. The molecule has 4 rings (SSSR count). The lowest BCUT2D eigenvalue weighted by atomic mass is 9.74. The number of ether oxygens (including phenoxy) is 1. The average molecular weight is 439 g/mol. The first-order valence-electron chi connectivity index (χ1n) is 11.6. The molecule has 7 heteroatoms.